The number of carbonyl (C=O) groups excluding carboxylic acids is 1. The summed E-state index contributed by atoms with van der Waals surface area (Å²) in [6, 6.07) is 0. The van der Waals surface area contributed by atoms with E-state index >= 15 is 0 Å². The van der Waals surface area contributed by atoms with Gasteiger partial charge >= 0.3 is 0 Å². The van der Waals surface area contributed by atoms with Crippen LogP contribution in [0, 0.1) is 23.7 Å². The van der Waals surface area contributed by atoms with Crippen LogP contribution in [0.2, 0.25) is 0 Å². The summed E-state index contributed by atoms with van der Waals surface area (Å²) in [5.41, 5.74) is -0.645. The van der Waals surface area contributed by atoms with E-state index in [1.807, 2.05) is 0 Å². The van der Waals surface area contributed by atoms with Crippen LogP contribution in [0.25, 0.3) is 0 Å². The average Bonchev–Trinajstić information content (AvgIpc) is 3.10. The highest BCUT2D eigenvalue weighted by molar-refractivity contribution is 5.82. The molecule has 3 heteroatoms. The van der Waals surface area contributed by atoms with E-state index in [0.29, 0.717) is 24.3 Å². The van der Waals surface area contributed by atoms with Crippen LogP contribution in [0.4, 0.5) is 0 Å². The molecule has 3 saturated carbocycles. The van der Waals surface area contributed by atoms with E-state index in [2.05, 4.69) is 12.2 Å². The van der Waals surface area contributed by atoms with Gasteiger partial charge in [-0.05, 0) is 43.4 Å². The lowest BCUT2D eigenvalue weighted by atomic mass is 9.79. The molecule has 2 N–H and O–H groups in total. The molecule has 0 aromatic heterocycles. The molecule has 3 aliphatic carbocycles. The fourth-order valence-corrected chi connectivity index (χ4v) is 4.54. The number of rotatable bonds is 3. The van der Waals surface area contributed by atoms with Crippen LogP contribution >= 0.6 is 0 Å². The van der Waals surface area contributed by atoms with E-state index in [1.165, 1.54) is 32.1 Å². The molecule has 3 fully saturated rings. The van der Waals surface area contributed by atoms with Gasteiger partial charge in [-0.1, -0.05) is 32.6 Å². The second-order valence-corrected chi connectivity index (χ2v) is 7.28. The maximum Gasteiger partial charge on any atom is 0.223 e. The van der Waals surface area contributed by atoms with E-state index in [4.69, 9.17) is 0 Å². The van der Waals surface area contributed by atoms with Gasteiger partial charge in [0, 0.05) is 12.5 Å². The number of carbonyl (C=O) groups is 1. The normalized spacial score (nSPS) is 45.4. The number of amides is 1. The predicted molar refractivity (Wildman–Crippen MR) is 74.5 cm³/mol. The topological polar surface area (TPSA) is 49.3 Å². The zero-order chi connectivity index (χ0) is 13.5. The van der Waals surface area contributed by atoms with E-state index in [-0.39, 0.29) is 11.8 Å². The van der Waals surface area contributed by atoms with Crippen LogP contribution in [0.15, 0.2) is 0 Å². The van der Waals surface area contributed by atoms with Crippen molar-refractivity contribution in [2.24, 2.45) is 23.7 Å². The Bertz CT molecular complexity index is 345. The quantitative estimate of drug-likeness (QED) is 0.823. The van der Waals surface area contributed by atoms with Crippen LogP contribution < -0.4 is 5.32 Å². The van der Waals surface area contributed by atoms with Gasteiger partial charge in [-0.3, -0.25) is 4.79 Å². The lowest BCUT2D eigenvalue weighted by Gasteiger charge is -2.35. The second kappa shape index (κ2) is 5.08. The number of hydrogen-bond acceptors (Lipinski definition) is 2. The maximum atomic E-state index is 12.2. The summed E-state index contributed by atoms with van der Waals surface area (Å²) in [6.45, 7) is 2.66. The van der Waals surface area contributed by atoms with E-state index in [9.17, 15) is 9.90 Å². The van der Waals surface area contributed by atoms with Crippen LogP contribution in [0.1, 0.15) is 58.3 Å². The summed E-state index contributed by atoms with van der Waals surface area (Å²) in [5, 5.41) is 13.6. The molecule has 3 rings (SSSR count). The fraction of sp³-hybridized carbons (Fsp3) is 0.938. The molecule has 0 aromatic carbocycles. The van der Waals surface area contributed by atoms with E-state index < -0.39 is 5.60 Å². The number of aliphatic hydroxyl groups is 1. The molecular weight excluding hydrogens is 238 g/mol. The van der Waals surface area contributed by atoms with Crippen molar-refractivity contribution < 1.29 is 9.90 Å². The molecule has 4 unspecified atom stereocenters. The third-order valence-electron chi connectivity index (χ3n) is 5.62. The van der Waals surface area contributed by atoms with Gasteiger partial charge in [0.15, 0.2) is 0 Å². The van der Waals surface area contributed by atoms with Crippen molar-refractivity contribution in [1.29, 1.82) is 0 Å². The van der Waals surface area contributed by atoms with Crippen LogP contribution in [-0.4, -0.2) is 23.2 Å². The van der Waals surface area contributed by atoms with Crippen molar-refractivity contribution in [1.82, 2.24) is 5.32 Å². The molecule has 3 nitrogen and oxygen atoms in total. The molecule has 0 aliphatic heterocycles. The molecule has 108 valence electrons. The maximum absolute atomic E-state index is 12.2. The van der Waals surface area contributed by atoms with Gasteiger partial charge in [-0.2, -0.15) is 0 Å². The van der Waals surface area contributed by atoms with Crippen LogP contribution in [0.5, 0.6) is 0 Å². The summed E-state index contributed by atoms with van der Waals surface area (Å²) in [4.78, 5) is 12.2. The predicted octanol–water partition coefficient (Wildman–Crippen LogP) is 2.48. The van der Waals surface area contributed by atoms with Crippen LogP contribution in [0.3, 0.4) is 0 Å². The molecule has 0 radical (unpaired) electrons. The first-order valence-electron chi connectivity index (χ1n) is 8.09. The van der Waals surface area contributed by atoms with E-state index in [0.717, 1.165) is 19.3 Å². The van der Waals surface area contributed by atoms with Gasteiger partial charge in [0.1, 0.15) is 0 Å². The van der Waals surface area contributed by atoms with Crippen molar-refractivity contribution in [3.05, 3.63) is 0 Å². The Hall–Kier alpha value is -0.570. The molecule has 0 bridgehead atoms. The lowest BCUT2D eigenvalue weighted by molar-refractivity contribution is -0.124. The first-order valence-corrected chi connectivity index (χ1v) is 8.09. The molecule has 0 saturated heterocycles. The first kappa shape index (κ1) is 13.4. The molecule has 4 atom stereocenters. The number of fused-ring (bicyclic) bond motifs is 1. The number of nitrogens with one attached hydrogen (secondary N) is 1. The molecule has 3 aliphatic rings. The van der Waals surface area contributed by atoms with Gasteiger partial charge in [0.2, 0.25) is 5.91 Å². The van der Waals surface area contributed by atoms with Gasteiger partial charge in [0.25, 0.3) is 0 Å². The monoisotopic (exact) mass is 265 g/mol. The number of hydrogen-bond donors (Lipinski definition) is 2. The standard InChI is InChI=1S/C16H27NO2/c1-11-5-4-8-16(19,9-11)10-17-15(18)14-12-6-2-3-7-13(12)14/h11-14,19H,2-10H2,1H3,(H,17,18). The van der Waals surface area contributed by atoms with Crippen molar-refractivity contribution in [2.45, 2.75) is 63.9 Å². The zero-order valence-electron chi connectivity index (χ0n) is 12.0. The third-order valence-corrected chi connectivity index (χ3v) is 5.62. The van der Waals surface area contributed by atoms with Crippen molar-refractivity contribution >= 4 is 5.91 Å². The summed E-state index contributed by atoms with van der Waals surface area (Å²) in [5.74, 6) is 2.39. The van der Waals surface area contributed by atoms with Gasteiger partial charge in [-0.25, -0.2) is 0 Å². The Balaban J connectivity index is 1.48. The highest BCUT2D eigenvalue weighted by atomic mass is 16.3. The largest absolute Gasteiger partial charge is 0.388 e. The van der Waals surface area contributed by atoms with Crippen molar-refractivity contribution in [2.75, 3.05) is 6.54 Å². The summed E-state index contributed by atoms with van der Waals surface area (Å²) < 4.78 is 0. The molecule has 19 heavy (non-hydrogen) atoms. The fourth-order valence-electron chi connectivity index (χ4n) is 4.54. The molecule has 0 aromatic rings. The zero-order valence-corrected chi connectivity index (χ0v) is 12.0. The Labute approximate surface area is 116 Å². The second-order valence-electron chi connectivity index (χ2n) is 7.28. The third kappa shape index (κ3) is 2.81. The minimum absolute atomic E-state index is 0.212. The first-order chi connectivity index (χ1) is 9.09. The minimum atomic E-state index is -0.645. The smallest absolute Gasteiger partial charge is 0.223 e. The summed E-state index contributed by atoms with van der Waals surface area (Å²) in [7, 11) is 0. The van der Waals surface area contributed by atoms with Crippen molar-refractivity contribution in [3.8, 4) is 0 Å². The van der Waals surface area contributed by atoms with Crippen molar-refractivity contribution in [3.63, 3.8) is 0 Å². The van der Waals surface area contributed by atoms with Gasteiger partial charge in [0.05, 0.1) is 5.60 Å². The minimum Gasteiger partial charge on any atom is -0.388 e. The molecule has 0 spiro atoms. The Morgan fingerprint density at radius 3 is 2.53 bits per heavy atom. The SMILES string of the molecule is CC1CCCC(O)(CNC(=O)C2C3CCCCC32)C1. The van der Waals surface area contributed by atoms with Gasteiger partial charge < -0.3 is 10.4 Å². The highest BCUT2D eigenvalue weighted by Gasteiger charge is 2.54. The average molecular weight is 265 g/mol. The van der Waals surface area contributed by atoms with Gasteiger partial charge in [-0.15, -0.1) is 0 Å². The Kier molecular flexibility index (Phi) is 3.59. The molecule has 1 amide bonds. The summed E-state index contributed by atoms with van der Waals surface area (Å²) >= 11 is 0. The molecular formula is C16H27NO2. The van der Waals surface area contributed by atoms with E-state index in [1.54, 1.807) is 0 Å². The Morgan fingerprint density at radius 1 is 1.21 bits per heavy atom. The molecule has 0 heterocycles. The summed E-state index contributed by atoms with van der Waals surface area (Å²) in [6.07, 6.45) is 9.05. The highest BCUT2D eigenvalue weighted by Crippen LogP contribution is 2.55. The Morgan fingerprint density at radius 2 is 1.89 bits per heavy atom. The van der Waals surface area contributed by atoms with Crippen LogP contribution in [-0.2, 0) is 4.79 Å². The lowest BCUT2D eigenvalue weighted by Crippen LogP contribution is -2.46.